The first-order valence-corrected chi connectivity index (χ1v) is 53.4. The van der Waals surface area contributed by atoms with E-state index < -0.39 is 94.6 Å². The van der Waals surface area contributed by atoms with Crippen LogP contribution in [0.1, 0.15) is 61.4 Å². The van der Waals surface area contributed by atoms with Crippen LogP contribution in [0, 0.1) is 5.82 Å². The largest absolute Gasteiger partial charge is 0.497 e. The molecule has 0 amide bonds. The predicted molar refractivity (Wildman–Crippen MR) is 537 cm³/mol. The van der Waals surface area contributed by atoms with Crippen molar-refractivity contribution in [1.29, 1.82) is 0 Å². The molecule has 0 saturated carbocycles. The monoisotopic (exact) mass is 2190 g/mol. The molecule has 0 radical (unpaired) electrons. The van der Waals surface area contributed by atoms with Gasteiger partial charge in [0.15, 0.2) is 5.75 Å². The lowest BCUT2D eigenvalue weighted by atomic mass is 10.2. The summed E-state index contributed by atoms with van der Waals surface area (Å²) in [6, 6.07) is 62.6. The summed E-state index contributed by atoms with van der Waals surface area (Å²) in [6.45, 7) is 4.75. The molecule has 0 aliphatic heterocycles. The van der Waals surface area contributed by atoms with Crippen molar-refractivity contribution in [3.8, 4) is 103 Å². The topological polar surface area (TPSA) is 529 Å². The van der Waals surface area contributed by atoms with Crippen molar-refractivity contribution in [2.75, 3.05) is 54.2 Å². The van der Waals surface area contributed by atoms with Gasteiger partial charge >= 0.3 is 6.18 Å². The lowest BCUT2D eigenvalue weighted by Crippen LogP contribution is -2.33. The van der Waals surface area contributed by atoms with E-state index in [2.05, 4.69) is 115 Å². The SMILES string of the molecule is CCCS(=O)(=O)NCc1cc(OC)cc(-c2ccccn2)n1.COc1cc(CNS(=O)(=O)C(C)C)nc(-c2ccccn2)c1.COc1cc(CNS(=O)(=O)CC(F)(F)F)nc(-c2ccccn2)c1.COc1cc(CNS(=O)(=O)c2cc(Cl)ccc2F)nc(-c2ccccn2)c1.COc1cc(CNS(=O)(=O)c2ccccc2Br)nc(-c2ccccn2)c1.COc1cc(CNS(=O)(=O)c2ncn[nH]2)nc(-c2ccccn2)c1. The van der Waals surface area contributed by atoms with Crippen LogP contribution in [0.25, 0.3) is 68.3 Å². The van der Waals surface area contributed by atoms with Crippen LogP contribution in [0.2, 0.25) is 5.02 Å². The summed E-state index contributed by atoms with van der Waals surface area (Å²) in [6.07, 6.45) is 6.75. The van der Waals surface area contributed by atoms with E-state index in [9.17, 15) is 68.1 Å². The van der Waals surface area contributed by atoms with E-state index in [1.165, 1.54) is 39.5 Å². The minimum atomic E-state index is -4.81. The molecule has 0 atom stereocenters. The van der Waals surface area contributed by atoms with E-state index in [0.717, 1.165) is 18.5 Å². The minimum absolute atomic E-state index is 0.0277. The van der Waals surface area contributed by atoms with Gasteiger partial charge in [0.2, 0.25) is 50.1 Å². The second kappa shape index (κ2) is 53.6. The third kappa shape index (κ3) is 36.1. The van der Waals surface area contributed by atoms with Crippen molar-refractivity contribution in [3.63, 3.8) is 0 Å². The molecular weight excluding hydrogens is 2090 g/mol. The number of nitrogens with one attached hydrogen (secondary N) is 7. The minimum Gasteiger partial charge on any atom is -0.497 e. The quantitative estimate of drug-likeness (QED) is 0.0178. The number of sulfonamides is 6. The molecule has 764 valence electrons. The lowest BCUT2D eigenvalue weighted by Gasteiger charge is -2.11. The molecule has 0 spiro atoms. The zero-order chi connectivity index (χ0) is 105. The van der Waals surface area contributed by atoms with E-state index in [4.69, 9.17) is 40.0 Å². The Morgan fingerprint density at radius 3 is 0.917 bits per heavy atom. The Balaban J connectivity index is 0.000000179. The third-order valence-electron chi connectivity index (χ3n) is 19.2. The van der Waals surface area contributed by atoms with Crippen molar-refractivity contribution in [2.45, 2.75) is 92.8 Å². The van der Waals surface area contributed by atoms with E-state index in [1.807, 2.05) is 84.4 Å². The van der Waals surface area contributed by atoms with Gasteiger partial charge in [-0.05, 0) is 139 Å². The molecule has 0 bridgehead atoms. The molecule has 0 fully saturated rings. The Morgan fingerprint density at radius 1 is 0.352 bits per heavy atom. The lowest BCUT2D eigenvalue weighted by molar-refractivity contribution is -0.106. The summed E-state index contributed by atoms with van der Waals surface area (Å²) in [7, 11) is -13.6. The average Bonchev–Trinajstić information content (AvgIpc) is 1.12. The number of pyridine rings is 12. The number of benzene rings is 2. The fraction of sp³-hybridized carbons (Fsp3) is 0.213. The summed E-state index contributed by atoms with van der Waals surface area (Å²) in [5, 5.41) is 5.20. The van der Waals surface area contributed by atoms with Gasteiger partial charge in [0.1, 0.15) is 51.5 Å². The molecule has 0 aliphatic carbocycles. The number of ether oxygens (including phenoxy) is 6. The van der Waals surface area contributed by atoms with Crippen LogP contribution in [0.4, 0.5) is 17.6 Å². The number of nitrogens with zero attached hydrogens (tertiary/aromatic N) is 14. The molecule has 0 aliphatic rings. The first kappa shape index (κ1) is 113. The van der Waals surface area contributed by atoms with Crippen LogP contribution < -0.4 is 56.8 Å². The predicted octanol–water partition coefficient (Wildman–Crippen LogP) is 13.7. The number of aromatic nitrogens is 15. The maximum atomic E-state index is 13.9. The van der Waals surface area contributed by atoms with Crippen molar-refractivity contribution < 1.29 is 96.5 Å². The maximum absolute atomic E-state index is 13.9. The number of H-pyrrole nitrogens is 1. The van der Waals surface area contributed by atoms with Crippen LogP contribution in [-0.2, 0) is 99.4 Å². The number of hydrogen-bond donors (Lipinski definition) is 7. The highest BCUT2D eigenvalue weighted by Crippen LogP contribution is 2.31. The van der Waals surface area contributed by atoms with Crippen molar-refractivity contribution in [2.24, 2.45) is 0 Å². The van der Waals surface area contributed by atoms with Gasteiger partial charge in [-0.25, -0.2) is 123 Å². The van der Waals surface area contributed by atoms with Crippen LogP contribution in [0.3, 0.4) is 0 Å². The number of halogens is 6. The van der Waals surface area contributed by atoms with Gasteiger partial charge in [-0.15, -0.1) is 0 Å². The molecule has 15 rings (SSSR count). The molecule has 13 aromatic heterocycles. The summed E-state index contributed by atoms with van der Waals surface area (Å²) in [4.78, 5) is 55.0. The van der Waals surface area contributed by atoms with Crippen LogP contribution in [0.5, 0.6) is 34.5 Å². The highest BCUT2D eigenvalue weighted by molar-refractivity contribution is 9.10. The molecule has 7 N–H and O–H groups in total. The zero-order valence-corrected chi connectivity index (χ0v) is 85.9. The van der Waals surface area contributed by atoms with Gasteiger partial charge in [-0.2, -0.15) is 18.3 Å². The molecule has 51 heteroatoms. The van der Waals surface area contributed by atoms with Crippen LogP contribution in [-0.4, -0.2) is 191 Å². The van der Waals surface area contributed by atoms with Gasteiger partial charge in [0, 0.05) is 119 Å². The third-order valence-corrected chi connectivity index (χ3v) is 29.1. The number of methoxy groups -OCH3 is 6. The second-order valence-electron chi connectivity index (χ2n) is 30.1. The average molecular weight is 2190 g/mol. The number of hydrogen-bond acceptors (Lipinski definition) is 32. The van der Waals surface area contributed by atoms with Gasteiger partial charge < -0.3 is 28.4 Å². The van der Waals surface area contributed by atoms with E-state index >= 15 is 0 Å². The van der Waals surface area contributed by atoms with Crippen LogP contribution in [0.15, 0.2) is 287 Å². The summed E-state index contributed by atoms with van der Waals surface area (Å²) in [5.74, 6) is 0.496. The van der Waals surface area contributed by atoms with Gasteiger partial charge in [-0.1, -0.05) is 67.1 Å². The van der Waals surface area contributed by atoms with Crippen LogP contribution >= 0.6 is 27.5 Å². The van der Waals surface area contributed by atoms with Gasteiger partial charge in [-0.3, -0.25) is 29.9 Å². The second-order valence-corrected chi connectivity index (χ2v) is 42.6. The molecule has 145 heavy (non-hydrogen) atoms. The molecule has 0 unspecified atom stereocenters. The summed E-state index contributed by atoms with van der Waals surface area (Å²) >= 11 is 9.03. The fourth-order valence-corrected chi connectivity index (χ4v) is 19.0. The summed E-state index contributed by atoms with van der Waals surface area (Å²) in [5.41, 5.74) is 10.1. The number of rotatable bonds is 37. The van der Waals surface area contributed by atoms with E-state index in [0.29, 0.717) is 142 Å². The Labute approximate surface area is 848 Å². The maximum Gasteiger partial charge on any atom is 0.404 e. The van der Waals surface area contributed by atoms with Crippen molar-refractivity contribution in [3.05, 3.63) is 317 Å². The van der Waals surface area contributed by atoms with Gasteiger partial charge in [0.25, 0.3) is 15.2 Å². The first-order valence-electron chi connectivity index (χ1n) is 42.9. The Bertz CT molecular complexity index is 7530. The standard InChI is InChI=1S/C18H16BrN3O3S.C18H15ClFN3O3S.2C15H19N3O3S.C14H14F3N3O3S.C14H14N6O3S/c1-25-14-10-13(22-17(11-14)16-7-4-5-9-20-16)12-21-26(23,24)18-8-3-2-6-15(18)19;1-26-14-9-13(23-17(10-14)16-4-2-3-7-21-16)11-22-27(24,25)18-8-12(19)5-6-15(18)20;1-11(2)22(19,20)17-10-12-8-13(21-3)9-15(18-12)14-6-4-5-7-16-14;1-3-8-22(19,20)17-11-12-9-13(21-2)10-15(18-12)14-6-4-5-7-16-14;1-23-11-6-10(8-19-24(21,22)9-14(15,16)17)20-13(7-11)12-4-2-3-5-18-12;1-23-11-6-10(8-18-24(21,22)14-16-9-17-20-14)19-13(7-11)12-4-2-3-5-15-12/h2-11,21H,12H2,1H3;2-10,22H,11H2,1H3;4-9,11,17H,10H2,1-3H3;4-7,9-10,17H,3,8,11H2,1-2H3;2-7,19H,8-9H2,1H3;2-7,9,18H,8H2,1H3,(H,16,17,20). The number of alkyl halides is 3. The molecule has 15 aromatic rings. The molecule has 39 nitrogen and oxygen atoms in total. The molecule has 0 saturated heterocycles. The van der Waals surface area contributed by atoms with E-state index in [1.54, 1.807) is 194 Å². The highest BCUT2D eigenvalue weighted by Gasteiger charge is 2.35. The smallest absolute Gasteiger partial charge is 0.404 e. The van der Waals surface area contributed by atoms with Gasteiger partial charge in [0.05, 0.1) is 200 Å². The summed E-state index contributed by atoms with van der Waals surface area (Å²) < 4.78 is 241. The Morgan fingerprint density at radius 2 is 0.641 bits per heavy atom. The van der Waals surface area contributed by atoms with Crippen molar-refractivity contribution >= 4 is 87.7 Å². The first-order chi connectivity index (χ1) is 69.1. The fourth-order valence-electron chi connectivity index (χ4n) is 12.2. The Kier molecular flexibility index (Phi) is 41.8. The molecule has 2 aromatic carbocycles. The molecular formula is C94H97BrClF4N21O18S6. The molecule has 13 heterocycles. The normalized spacial score (nSPS) is 11.5. The highest BCUT2D eigenvalue weighted by atomic mass is 79.9. The zero-order valence-electron chi connectivity index (χ0n) is 78.7. The number of aromatic amines is 1. The van der Waals surface area contributed by atoms with Crippen molar-refractivity contribution in [1.82, 2.24) is 103 Å². The Hall–Kier alpha value is -13.9. The van der Waals surface area contributed by atoms with E-state index in [-0.39, 0.29) is 59.2 Å².